The van der Waals surface area contributed by atoms with E-state index in [9.17, 15) is 10.2 Å². The molecule has 0 saturated heterocycles. The lowest BCUT2D eigenvalue weighted by Gasteiger charge is -2.10. The Morgan fingerprint density at radius 3 is 2.50 bits per heavy atom. The summed E-state index contributed by atoms with van der Waals surface area (Å²) < 4.78 is 5.10. The van der Waals surface area contributed by atoms with Gasteiger partial charge in [-0.25, -0.2) is 0 Å². The molecule has 0 heterocycles. The molecular weight excluding hydrogens is 276 g/mol. The van der Waals surface area contributed by atoms with Gasteiger partial charge in [-0.05, 0) is 41.7 Å². The first-order valence-corrected chi connectivity index (χ1v) is 7.85. The first-order chi connectivity index (χ1) is 10.7. The molecule has 2 rings (SSSR count). The molecule has 0 radical (unpaired) electrons. The molecule has 0 aliphatic carbocycles. The van der Waals surface area contributed by atoms with Crippen LogP contribution in [0.3, 0.4) is 0 Å². The average molecular weight is 300 g/mol. The predicted molar refractivity (Wildman–Crippen MR) is 89.6 cm³/mol. The molecule has 0 saturated carbocycles. The van der Waals surface area contributed by atoms with Crippen LogP contribution in [0.5, 0.6) is 17.2 Å². The van der Waals surface area contributed by atoms with E-state index in [0.717, 1.165) is 17.5 Å². The van der Waals surface area contributed by atoms with E-state index in [2.05, 4.69) is 19.1 Å². The molecule has 22 heavy (non-hydrogen) atoms. The van der Waals surface area contributed by atoms with E-state index in [4.69, 9.17) is 4.74 Å². The summed E-state index contributed by atoms with van der Waals surface area (Å²) in [6.07, 6.45) is 6.04. The lowest BCUT2D eigenvalue weighted by molar-refractivity contribution is 0.351. The maximum Gasteiger partial charge on any atom is 0.200 e. The average Bonchev–Trinajstić information content (AvgIpc) is 2.54. The van der Waals surface area contributed by atoms with Gasteiger partial charge in [0.15, 0.2) is 11.5 Å². The van der Waals surface area contributed by atoms with Gasteiger partial charge in [0, 0.05) is 0 Å². The van der Waals surface area contributed by atoms with Gasteiger partial charge in [0.05, 0.1) is 7.11 Å². The number of aromatic hydroxyl groups is 2. The van der Waals surface area contributed by atoms with Crippen LogP contribution in [0, 0.1) is 0 Å². The van der Waals surface area contributed by atoms with Crippen molar-refractivity contribution in [2.75, 3.05) is 7.11 Å². The number of phenols is 2. The number of hydrogen-bond donors (Lipinski definition) is 2. The van der Waals surface area contributed by atoms with Gasteiger partial charge in [-0.2, -0.15) is 0 Å². The standard InChI is InChI=1S/C19H24O3/c1-3-4-5-6-8-14-9-7-10-15(11-14)16-12-17(20)19(21)18(13-16)22-2/h7,9-13,20-21H,3-6,8H2,1-2H3. The maximum atomic E-state index is 9.81. The quantitative estimate of drug-likeness (QED) is 0.565. The van der Waals surface area contributed by atoms with Crippen molar-refractivity contribution in [3.8, 4) is 28.4 Å². The van der Waals surface area contributed by atoms with Crippen molar-refractivity contribution in [1.29, 1.82) is 0 Å². The van der Waals surface area contributed by atoms with Crippen LogP contribution in [-0.4, -0.2) is 17.3 Å². The smallest absolute Gasteiger partial charge is 0.200 e. The lowest BCUT2D eigenvalue weighted by Crippen LogP contribution is -1.89. The van der Waals surface area contributed by atoms with E-state index in [1.807, 2.05) is 12.1 Å². The van der Waals surface area contributed by atoms with E-state index in [1.54, 1.807) is 12.1 Å². The number of hydrogen-bond acceptors (Lipinski definition) is 3. The predicted octanol–water partition coefficient (Wildman–Crippen LogP) is 4.90. The Kier molecular flexibility index (Phi) is 5.70. The Labute approximate surface area is 132 Å². The fraction of sp³-hybridized carbons (Fsp3) is 0.368. The van der Waals surface area contributed by atoms with Crippen LogP contribution >= 0.6 is 0 Å². The molecule has 0 unspecified atom stereocenters. The van der Waals surface area contributed by atoms with Crippen LogP contribution in [0.4, 0.5) is 0 Å². The highest BCUT2D eigenvalue weighted by Gasteiger charge is 2.11. The number of methoxy groups -OCH3 is 1. The molecule has 0 fully saturated rings. The van der Waals surface area contributed by atoms with Crippen LogP contribution in [0.2, 0.25) is 0 Å². The first kappa shape index (κ1) is 16.2. The van der Waals surface area contributed by atoms with Gasteiger partial charge in [-0.15, -0.1) is 0 Å². The van der Waals surface area contributed by atoms with Crippen LogP contribution in [0.25, 0.3) is 11.1 Å². The summed E-state index contributed by atoms with van der Waals surface area (Å²) in [6, 6.07) is 11.6. The minimum Gasteiger partial charge on any atom is -0.504 e. The molecular formula is C19H24O3. The summed E-state index contributed by atoms with van der Waals surface area (Å²) in [6.45, 7) is 2.21. The summed E-state index contributed by atoms with van der Waals surface area (Å²) in [5.41, 5.74) is 3.14. The zero-order valence-corrected chi connectivity index (χ0v) is 13.3. The molecule has 3 heteroatoms. The molecule has 2 aromatic rings. The number of rotatable bonds is 7. The third-order valence-corrected chi connectivity index (χ3v) is 3.85. The molecule has 0 bridgehead atoms. The zero-order chi connectivity index (χ0) is 15.9. The number of benzene rings is 2. The van der Waals surface area contributed by atoms with E-state index < -0.39 is 0 Å². The summed E-state index contributed by atoms with van der Waals surface area (Å²) in [5, 5.41) is 19.5. The molecule has 0 spiro atoms. The highest BCUT2D eigenvalue weighted by Crippen LogP contribution is 2.39. The van der Waals surface area contributed by atoms with E-state index in [-0.39, 0.29) is 17.2 Å². The monoisotopic (exact) mass is 300 g/mol. The van der Waals surface area contributed by atoms with Gasteiger partial charge < -0.3 is 14.9 Å². The molecule has 0 aliphatic rings. The molecule has 3 nitrogen and oxygen atoms in total. The number of phenolic OH excluding ortho intramolecular Hbond substituents is 2. The molecule has 0 atom stereocenters. The second kappa shape index (κ2) is 7.74. The van der Waals surface area contributed by atoms with Crippen LogP contribution in [0.15, 0.2) is 36.4 Å². The Morgan fingerprint density at radius 1 is 0.955 bits per heavy atom. The summed E-state index contributed by atoms with van der Waals surface area (Å²) in [5.74, 6) is -0.104. The SMILES string of the molecule is CCCCCCc1cccc(-c2cc(O)c(O)c(OC)c2)c1. The molecule has 0 amide bonds. The van der Waals surface area contributed by atoms with Crippen LogP contribution < -0.4 is 4.74 Å². The Balaban J connectivity index is 2.20. The zero-order valence-electron chi connectivity index (χ0n) is 13.3. The van der Waals surface area contributed by atoms with E-state index >= 15 is 0 Å². The van der Waals surface area contributed by atoms with Gasteiger partial charge in [0.25, 0.3) is 0 Å². The highest BCUT2D eigenvalue weighted by molar-refractivity contribution is 5.70. The second-order valence-corrected chi connectivity index (χ2v) is 5.56. The van der Waals surface area contributed by atoms with Crippen molar-refractivity contribution in [3.63, 3.8) is 0 Å². The minimum absolute atomic E-state index is 0.164. The van der Waals surface area contributed by atoms with Crippen molar-refractivity contribution in [2.45, 2.75) is 39.0 Å². The Hall–Kier alpha value is -2.16. The highest BCUT2D eigenvalue weighted by atomic mass is 16.5. The fourth-order valence-corrected chi connectivity index (χ4v) is 2.58. The topological polar surface area (TPSA) is 49.7 Å². The summed E-state index contributed by atoms with van der Waals surface area (Å²) in [4.78, 5) is 0. The number of unbranched alkanes of at least 4 members (excludes halogenated alkanes) is 3. The molecule has 0 aromatic heterocycles. The summed E-state index contributed by atoms with van der Waals surface area (Å²) >= 11 is 0. The van der Waals surface area contributed by atoms with Crippen molar-refractivity contribution < 1.29 is 14.9 Å². The largest absolute Gasteiger partial charge is 0.504 e. The van der Waals surface area contributed by atoms with Gasteiger partial charge >= 0.3 is 0 Å². The van der Waals surface area contributed by atoms with Crippen LogP contribution in [0.1, 0.15) is 38.2 Å². The van der Waals surface area contributed by atoms with Gasteiger partial charge in [-0.1, -0.05) is 50.5 Å². The molecule has 118 valence electrons. The van der Waals surface area contributed by atoms with Gasteiger partial charge in [0.2, 0.25) is 5.75 Å². The summed E-state index contributed by atoms with van der Waals surface area (Å²) in [7, 11) is 1.47. The molecule has 2 aromatic carbocycles. The normalized spacial score (nSPS) is 10.6. The fourth-order valence-electron chi connectivity index (χ4n) is 2.58. The van der Waals surface area contributed by atoms with Crippen LogP contribution in [-0.2, 0) is 6.42 Å². The van der Waals surface area contributed by atoms with Crippen molar-refractivity contribution in [3.05, 3.63) is 42.0 Å². The number of aryl methyl sites for hydroxylation is 1. The number of ether oxygens (including phenoxy) is 1. The Morgan fingerprint density at radius 2 is 1.77 bits per heavy atom. The van der Waals surface area contributed by atoms with E-state index in [1.165, 1.54) is 38.4 Å². The van der Waals surface area contributed by atoms with Gasteiger partial charge in [-0.3, -0.25) is 0 Å². The van der Waals surface area contributed by atoms with Crippen molar-refractivity contribution in [1.82, 2.24) is 0 Å². The van der Waals surface area contributed by atoms with E-state index in [0.29, 0.717) is 0 Å². The maximum absolute atomic E-state index is 9.81. The molecule has 2 N–H and O–H groups in total. The first-order valence-electron chi connectivity index (χ1n) is 7.85. The second-order valence-electron chi connectivity index (χ2n) is 5.56. The van der Waals surface area contributed by atoms with Crippen molar-refractivity contribution in [2.24, 2.45) is 0 Å². The lowest BCUT2D eigenvalue weighted by atomic mass is 9.99. The third-order valence-electron chi connectivity index (χ3n) is 3.85. The van der Waals surface area contributed by atoms with Crippen molar-refractivity contribution >= 4 is 0 Å². The van der Waals surface area contributed by atoms with Gasteiger partial charge in [0.1, 0.15) is 0 Å². The minimum atomic E-state index is -0.220. The Bertz CT molecular complexity index is 620. The molecule has 0 aliphatic heterocycles. The third kappa shape index (κ3) is 3.94.